The van der Waals surface area contributed by atoms with E-state index in [2.05, 4.69) is 5.32 Å². The SMILES string of the molecule is CC(C)(C)CC(=O)CN(CCNC(=O)OCc1ccccc1)CC(=O)OC(C)(C)C. The number of nitrogens with zero attached hydrogens (tertiary/aromatic N) is 1. The maximum atomic E-state index is 12.4. The molecule has 0 aliphatic rings. The van der Waals surface area contributed by atoms with Gasteiger partial charge in [-0.25, -0.2) is 4.79 Å². The van der Waals surface area contributed by atoms with Gasteiger partial charge >= 0.3 is 12.1 Å². The Hall–Kier alpha value is -2.41. The highest BCUT2D eigenvalue weighted by Crippen LogP contribution is 2.19. The van der Waals surface area contributed by atoms with E-state index in [1.54, 1.807) is 25.7 Å². The molecule has 0 bridgehead atoms. The highest BCUT2D eigenvalue weighted by Gasteiger charge is 2.22. The monoisotopic (exact) mass is 420 g/mol. The van der Waals surface area contributed by atoms with Crippen LogP contribution in [0.5, 0.6) is 0 Å². The van der Waals surface area contributed by atoms with Crippen molar-refractivity contribution in [1.82, 2.24) is 10.2 Å². The topological polar surface area (TPSA) is 84.9 Å². The molecule has 7 heteroatoms. The van der Waals surface area contributed by atoms with Crippen LogP contribution in [-0.4, -0.2) is 54.5 Å². The van der Waals surface area contributed by atoms with E-state index in [1.165, 1.54) is 0 Å². The quantitative estimate of drug-likeness (QED) is 0.583. The van der Waals surface area contributed by atoms with Crippen molar-refractivity contribution in [2.24, 2.45) is 5.41 Å². The zero-order valence-electron chi connectivity index (χ0n) is 19.1. The number of carbonyl (C=O) groups excluding carboxylic acids is 3. The van der Waals surface area contributed by atoms with Gasteiger partial charge in [0.2, 0.25) is 0 Å². The van der Waals surface area contributed by atoms with Crippen molar-refractivity contribution in [3.8, 4) is 0 Å². The van der Waals surface area contributed by atoms with Crippen molar-refractivity contribution in [3.05, 3.63) is 35.9 Å². The van der Waals surface area contributed by atoms with Crippen molar-refractivity contribution >= 4 is 17.8 Å². The molecule has 1 amide bonds. The number of esters is 1. The third-order valence-electron chi connectivity index (χ3n) is 3.81. The summed E-state index contributed by atoms with van der Waals surface area (Å²) in [5.74, 6) is -0.365. The van der Waals surface area contributed by atoms with Crippen LogP contribution in [0.15, 0.2) is 30.3 Å². The third-order valence-corrected chi connectivity index (χ3v) is 3.81. The summed E-state index contributed by atoms with van der Waals surface area (Å²) in [4.78, 5) is 38.2. The number of hydrogen-bond acceptors (Lipinski definition) is 6. The van der Waals surface area contributed by atoms with Crippen molar-refractivity contribution in [2.45, 2.75) is 60.2 Å². The van der Waals surface area contributed by atoms with E-state index >= 15 is 0 Å². The van der Waals surface area contributed by atoms with E-state index in [0.29, 0.717) is 13.0 Å². The molecule has 0 unspecified atom stereocenters. The van der Waals surface area contributed by atoms with Crippen LogP contribution in [0.4, 0.5) is 4.79 Å². The average molecular weight is 421 g/mol. The van der Waals surface area contributed by atoms with Gasteiger partial charge in [-0.2, -0.15) is 0 Å². The Kier molecular flexibility index (Phi) is 9.99. The molecule has 0 atom stereocenters. The standard InChI is InChI=1S/C23H36N2O5/c1-22(2,3)14-19(26)15-25(16-20(27)30-23(4,5)6)13-12-24-21(28)29-17-18-10-8-7-9-11-18/h7-11H,12-17H2,1-6H3,(H,24,28). The predicted molar refractivity (Wildman–Crippen MR) is 116 cm³/mol. The maximum absolute atomic E-state index is 12.4. The van der Waals surface area contributed by atoms with Crippen LogP contribution < -0.4 is 5.32 Å². The number of ketones is 1. The van der Waals surface area contributed by atoms with Crippen LogP contribution in [0.2, 0.25) is 0 Å². The lowest BCUT2D eigenvalue weighted by atomic mass is 9.90. The van der Waals surface area contributed by atoms with Crippen molar-refractivity contribution in [2.75, 3.05) is 26.2 Å². The minimum Gasteiger partial charge on any atom is -0.459 e. The van der Waals surface area contributed by atoms with E-state index < -0.39 is 17.7 Å². The molecule has 0 saturated heterocycles. The van der Waals surface area contributed by atoms with Gasteiger partial charge in [0.25, 0.3) is 0 Å². The smallest absolute Gasteiger partial charge is 0.407 e. The Labute approximate surface area is 180 Å². The Morgan fingerprint density at radius 2 is 1.60 bits per heavy atom. The van der Waals surface area contributed by atoms with Crippen LogP contribution in [0.1, 0.15) is 53.5 Å². The van der Waals surface area contributed by atoms with E-state index in [1.807, 2.05) is 51.1 Å². The van der Waals surface area contributed by atoms with Crippen LogP contribution >= 0.6 is 0 Å². The second-order valence-electron chi connectivity index (χ2n) is 9.56. The number of ether oxygens (including phenoxy) is 2. The van der Waals surface area contributed by atoms with Crippen LogP contribution in [0, 0.1) is 5.41 Å². The van der Waals surface area contributed by atoms with Crippen molar-refractivity contribution < 1.29 is 23.9 Å². The van der Waals surface area contributed by atoms with Crippen LogP contribution in [0.3, 0.4) is 0 Å². The number of benzene rings is 1. The fraction of sp³-hybridized carbons (Fsp3) is 0.609. The first-order valence-corrected chi connectivity index (χ1v) is 10.2. The van der Waals surface area contributed by atoms with Gasteiger partial charge in [-0.05, 0) is 31.7 Å². The molecule has 1 rings (SSSR count). The van der Waals surface area contributed by atoms with E-state index in [9.17, 15) is 14.4 Å². The Balaban J connectivity index is 2.53. The minimum absolute atomic E-state index is 0.0199. The molecule has 0 saturated carbocycles. The second kappa shape index (κ2) is 11.7. The lowest BCUT2D eigenvalue weighted by molar-refractivity contribution is -0.156. The molecule has 0 aliphatic carbocycles. The Morgan fingerprint density at radius 3 is 2.17 bits per heavy atom. The zero-order chi connectivity index (χ0) is 22.8. The molecule has 30 heavy (non-hydrogen) atoms. The van der Waals surface area contributed by atoms with Crippen LogP contribution in [0.25, 0.3) is 0 Å². The Morgan fingerprint density at radius 1 is 0.967 bits per heavy atom. The van der Waals surface area contributed by atoms with Gasteiger partial charge in [0.1, 0.15) is 18.0 Å². The summed E-state index contributed by atoms with van der Waals surface area (Å²) in [5.41, 5.74) is 0.165. The second-order valence-corrected chi connectivity index (χ2v) is 9.56. The average Bonchev–Trinajstić information content (AvgIpc) is 2.57. The molecule has 0 heterocycles. The van der Waals surface area contributed by atoms with Gasteiger partial charge in [0.05, 0.1) is 13.1 Å². The first kappa shape index (κ1) is 25.6. The van der Waals surface area contributed by atoms with Crippen molar-refractivity contribution in [3.63, 3.8) is 0 Å². The highest BCUT2D eigenvalue weighted by atomic mass is 16.6. The fourth-order valence-electron chi connectivity index (χ4n) is 2.76. The molecule has 0 aromatic heterocycles. The van der Waals surface area contributed by atoms with E-state index in [-0.39, 0.29) is 37.4 Å². The molecule has 0 aliphatic heterocycles. The Bertz CT molecular complexity index is 660. The van der Waals surface area contributed by atoms with Gasteiger partial charge in [-0.15, -0.1) is 0 Å². The lowest BCUT2D eigenvalue weighted by Gasteiger charge is -2.25. The first-order chi connectivity index (χ1) is 13.8. The zero-order valence-corrected chi connectivity index (χ0v) is 19.1. The van der Waals surface area contributed by atoms with Gasteiger partial charge in [0, 0.05) is 19.5 Å². The molecular formula is C23H36N2O5. The third kappa shape index (κ3) is 12.9. The minimum atomic E-state index is -0.600. The number of Topliss-reactive ketones (excluding diaryl/α,β-unsaturated/α-hetero) is 1. The summed E-state index contributed by atoms with van der Waals surface area (Å²) >= 11 is 0. The molecule has 0 radical (unpaired) electrons. The number of carbonyl (C=O) groups is 3. The first-order valence-electron chi connectivity index (χ1n) is 10.2. The lowest BCUT2D eigenvalue weighted by Crippen LogP contribution is -2.42. The van der Waals surface area contributed by atoms with Crippen molar-refractivity contribution in [1.29, 1.82) is 0 Å². The van der Waals surface area contributed by atoms with Gasteiger partial charge in [-0.1, -0.05) is 51.1 Å². The largest absolute Gasteiger partial charge is 0.459 e. The molecule has 0 fully saturated rings. The number of alkyl carbamates (subject to hydrolysis) is 1. The normalized spacial score (nSPS) is 11.8. The summed E-state index contributed by atoms with van der Waals surface area (Å²) < 4.78 is 10.5. The molecular weight excluding hydrogens is 384 g/mol. The predicted octanol–water partition coefficient (Wildman–Crippen LogP) is 3.56. The summed E-state index contributed by atoms with van der Waals surface area (Å²) in [7, 11) is 0. The molecule has 0 spiro atoms. The molecule has 168 valence electrons. The summed E-state index contributed by atoms with van der Waals surface area (Å²) in [5, 5.41) is 2.66. The van der Waals surface area contributed by atoms with Gasteiger partial charge in [0.15, 0.2) is 0 Å². The molecule has 1 aromatic rings. The number of nitrogens with one attached hydrogen (secondary N) is 1. The summed E-state index contributed by atoms with van der Waals surface area (Å²) in [6.07, 6.45) is -0.137. The summed E-state index contributed by atoms with van der Waals surface area (Å²) in [6, 6.07) is 9.39. The number of rotatable bonds is 10. The summed E-state index contributed by atoms with van der Waals surface area (Å²) in [6.45, 7) is 12.2. The van der Waals surface area contributed by atoms with E-state index in [4.69, 9.17) is 9.47 Å². The van der Waals surface area contributed by atoms with Gasteiger partial charge in [-0.3, -0.25) is 14.5 Å². The number of amides is 1. The molecule has 1 N–H and O–H groups in total. The maximum Gasteiger partial charge on any atom is 0.407 e. The fourth-order valence-corrected chi connectivity index (χ4v) is 2.76. The molecule has 1 aromatic carbocycles. The highest BCUT2D eigenvalue weighted by molar-refractivity contribution is 5.82. The van der Waals surface area contributed by atoms with Crippen LogP contribution in [-0.2, 0) is 25.7 Å². The number of hydrogen-bond donors (Lipinski definition) is 1. The molecule has 7 nitrogen and oxygen atoms in total. The van der Waals surface area contributed by atoms with Gasteiger partial charge < -0.3 is 14.8 Å². The van der Waals surface area contributed by atoms with E-state index in [0.717, 1.165) is 5.56 Å².